The van der Waals surface area contributed by atoms with E-state index in [-0.39, 0.29) is 18.0 Å². The topological polar surface area (TPSA) is 63.7 Å². The second-order valence-corrected chi connectivity index (χ2v) is 9.24. The molecule has 0 radical (unpaired) electrons. The monoisotopic (exact) mass is 455 g/mol. The van der Waals surface area contributed by atoms with Gasteiger partial charge in [-0.2, -0.15) is 4.31 Å². The molecular weight excluding hydrogens is 437 g/mol. The van der Waals surface area contributed by atoms with Gasteiger partial charge >= 0.3 is 5.97 Å². The van der Waals surface area contributed by atoms with Gasteiger partial charge in [-0.1, -0.05) is 28.1 Å². The summed E-state index contributed by atoms with van der Waals surface area (Å²) in [5, 5.41) is 0. The zero-order valence-electron chi connectivity index (χ0n) is 14.5. The number of carbonyl (C=O) groups excluding carboxylic acids is 1. The van der Waals surface area contributed by atoms with Crippen LogP contribution in [0, 0.1) is 11.7 Å². The lowest BCUT2D eigenvalue weighted by Crippen LogP contribution is -2.42. The molecule has 0 saturated carbocycles. The van der Waals surface area contributed by atoms with E-state index in [9.17, 15) is 17.6 Å². The smallest absolute Gasteiger partial charge is 0.310 e. The Morgan fingerprint density at radius 2 is 1.81 bits per heavy atom. The van der Waals surface area contributed by atoms with Gasteiger partial charge in [0.05, 0.1) is 10.8 Å². The molecule has 0 aromatic heterocycles. The third-order valence-electron chi connectivity index (χ3n) is 4.46. The number of halogens is 2. The van der Waals surface area contributed by atoms with Crippen molar-refractivity contribution in [1.82, 2.24) is 4.31 Å². The van der Waals surface area contributed by atoms with Crippen molar-refractivity contribution < 1.29 is 22.3 Å². The van der Waals surface area contributed by atoms with Gasteiger partial charge < -0.3 is 4.74 Å². The first-order valence-corrected chi connectivity index (χ1v) is 10.8. The summed E-state index contributed by atoms with van der Waals surface area (Å²) in [5.74, 6) is -1.41. The number of ether oxygens (including phenoxy) is 1. The van der Waals surface area contributed by atoms with Crippen molar-refractivity contribution >= 4 is 31.9 Å². The van der Waals surface area contributed by atoms with Crippen LogP contribution >= 0.6 is 15.9 Å². The predicted molar refractivity (Wildman–Crippen MR) is 102 cm³/mol. The van der Waals surface area contributed by atoms with Gasteiger partial charge in [-0.15, -0.1) is 0 Å². The minimum absolute atomic E-state index is 0.0211. The highest BCUT2D eigenvalue weighted by Gasteiger charge is 2.34. The van der Waals surface area contributed by atoms with Crippen LogP contribution in [0.4, 0.5) is 4.39 Å². The van der Waals surface area contributed by atoms with Gasteiger partial charge in [0.2, 0.25) is 10.0 Å². The predicted octanol–water partition coefficient (Wildman–Crippen LogP) is 3.73. The number of piperidine rings is 1. The van der Waals surface area contributed by atoms with Crippen LogP contribution < -0.4 is 0 Å². The maximum Gasteiger partial charge on any atom is 0.310 e. The lowest BCUT2D eigenvalue weighted by molar-refractivity contribution is -0.151. The molecule has 2 aromatic rings. The van der Waals surface area contributed by atoms with Crippen LogP contribution in [0.25, 0.3) is 0 Å². The van der Waals surface area contributed by atoms with Gasteiger partial charge in [-0.3, -0.25) is 4.79 Å². The largest absolute Gasteiger partial charge is 0.461 e. The molecule has 1 unspecified atom stereocenters. The van der Waals surface area contributed by atoms with Gasteiger partial charge in [0, 0.05) is 17.6 Å². The molecular formula is C19H19BrFNO4S. The van der Waals surface area contributed by atoms with E-state index in [4.69, 9.17) is 4.74 Å². The molecule has 144 valence electrons. The van der Waals surface area contributed by atoms with E-state index in [1.54, 1.807) is 0 Å². The fourth-order valence-corrected chi connectivity index (χ4v) is 4.75. The molecule has 1 saturated heterocycles. The van der Waals surface area contributed by atoms with E-state index in [0.29, 0.717) is 19.4 Å². The zero-order chi connectivity index (χ0) is 19.4. The third-order valence-corrected chi connectivity index (χ3v) is 6.87. The maximum atomic E-state index is 13.1. The van der Waals surface area contributed by atoms with Crippen molar-refractivity contribution in [2.75, 3.05) is 13.1 Å². The fourth-order valence-electron chi connectivity index (χ4n) is 2.96. The highest BCUT2D eigenvalue weighted by atomic mass is 79.9. The summed E-state index contributed by atoms with van der Waals surface area (Å²) in [6.45, 7) is 0.544. The molecule has 0 aliphatic carbocycles. The maximum absolute atomic E-state index is 13.1. The Bertz CT molecular complexity index is 900. The Morgan fingerprint density at radius 1 is 1.15 bits per heavy atom. The Morgan fingerprint density at radius 3 is 2.48 bits per heavy atom. The zero-order valence-corrected chi connectivity index (χ0v) is 16.9. The quantitative estimate of drug-likeness (QED) is 0.644. The summed E-state index contributed by atoms with van der Waals surface area (Å²) < 4.78 is 46.1. The van der Waals surface area contributed by atoms with Crippen molar-refractivity contribution in [3.63, 3.8) is 0 Å². The van der Waals surface area contributed by atoms with Crippen LogP contribution in [-0.2, 0) is 26.2 Å². The molecule has 0 amide bonds. The Hall–Kier alpha value is -1.77. The molecule has 0 spiro atoms. The molecule has 5 nitrogen and oxygen atoms in total. The number of hydrogen-bond donors (Lipinski definition) is 0. The summed E-state index contributed by atoms with van der Waals surface area (Å²) in [7, 11) is -3.76. The lowest BCUT2D eigenvalue weighted by atomic mass is 10.00. The Balaban J connectivity index is 1.63. The van der Waals surface area contributed by atoms with Crippen molar-refractivity contribution in [3.8, 4) is 0 Å². The fraction of sp³-hybridized carbons (Fsp3) is 0.316. The molecule has 0 N–H and O–H groups in total. The first-order valence-electron chi connectivity index (χ1n) is 8.53. The number of esters is 1. The van der Waals surface area contributed by atoms with E-state index in [0.717, 1.165) is 22.2 Å². The standard InChI is InChI=1S/C19H19BrFNO4S/c20-16-5-3-14(4-6-16)13-26-19(23)15-2-1-11-22(12-15)27(24,25)18-9-7-17(21)8-10-18/h3-10,15H,1-2,11-13H2. The molecule has 27 heavy (non-hydrogen) atoms. The minimum atomic E-state index is -3.76. The van der Waals surface area contributed by atoms with Gasteiger partial charge in [0.15, 0.2) is 0 Å². The SMILES string of the molecule is O=C(OCc1ccc(Br)cc1)C1CCCN(S(=O)(=O)c2ccc(F)cc2)C1. The van der Waals surface area contributed by atoms with Crippen molar-refractivity contribution in [1.29, 1.82) is 0 Å². The first-order chi connectivity index (χ1) is 12.9. The molecule has 1 aliphatic rings. The number of hydrogen-bond acceptors (Lipinski definition) is 4. The molecule has 1 aliphatic heterocycles. The van der Waals surface area contributed by atoms with Crippen LogP contribution in [0.1, 0.15) is 18.4 Å². The number of sulfonamides is 1. The van der Waals surface area contributed by atoms with Crippen LogP contribution in [0.3, 0.4) is 0 Å². The van der Waals surface area contributed by atoms with E-state index >= 15 is 0 Å². The molecule has 0 bridgehead atoms. The highest BCUT2D eigenvalue weighted by Crippen LogP contribution is 2.25. The van der Waals surface area contributed by atoms with Crippen LogP contribution in [0.15, 0.2) is 57.9 Å². The average molecular weight is 456 g/mol. The Kier molecular flexibility index (Phi) is 6.29. The third kappa shape index (κ3) is 4.94. The average Bonchev–Trinajstić information content (AvgIpc) is 2.68. The van der Waals surface area contributed by atoms with Crippen LogP contribution in [-0.4, -0.2) is 31.8 Å². The normalized spacial score (nSPS) is 18.2. The summed E-state index contributed by atoms with van der Waals surface area (Å²) in [5.41, 5.74) is 0.859. The number of rotatable bonds is 5. The molecule has 1 heterocycles. The van der Waals surface area contributed by atoms with Crippen LogP contribution in [0.5, 0.6) is 0 Å². The molecule has 1 atom stereocenters. The van der Waals surface area contributed by atoms with E-state index < -0.39 is 27.7 Å². The number of carbonyl (C=O) groups is 1. The summed E-state index contributed by atoms with van der Waals surface area (Å²) >= 11 is 3.35. The summed E-state index contributed by atoms with van der Waals surface area (Å²) in [6.07, 6.45) is 1.15. The summed E-state index contributed by atoms with van der Waals surface area (Å²) in [4.78, 5) is 12.4. The van der Waals surface area contributed by atoms with Crippen molar-refractivity contribution in [2.45, 2.75) is 24.3 Å². The Labute approximate surface area is 166 Å². The number of benzene rings is 2. The van der Waals surface area contributed by atoms with Gasteiger partial charge in [0.1, 0.15) is 12.4 Å². The van der Waals surface area contributed by atoms with E-state index in [1.165, 1.54) is 16.4 Å². The second-order valence-electron chi connectivity index (χ2n) is 6.39. The van der Waals surface area contributed by atoms with Crippen LogP contribution in [0.2, 0.25) is 0 Å². The van der Waals surface area contributed by atoms with Crippen molar-refractivity contribution in [2.24, 2.45) is 5.92 Å². The van der Waals surface area contributed by atoms with Gasteiger partial charge in [0.25, 0.3) is 0 Å². The van der Waals surface area contributed by atoms with E-state index in [1.807, 2.05) is 24.3 Å². The second kappa shape index (κ2) is 8.50. The minimum Gasteiger partial charge on any atom is -0.461 e. The van der Waals surface area contributed by atoms with Gasteiger partial charge in [-0.25, -0.2) is 12.8 Å². The highest BCUT2D eigenvalue weighted by molar-refractivity contribution is 9.10. The molecule has 2 aromatic carbocycles. The lowest BCUT2D eigenvalue weighted by Gasteiger charge is -2.30. The van der Waals surface area contributed by atoms with Crippen molar-refractivity contribution in [3.05, 3.63) is 64.4 Å². The summed E-state index contributed by atoms with van der Waals surface area (Å²) in [6, 6.07) is 12.1. The number of nitrogens with zero attached hydrogens (tertiary/aromatic N) is 1. The van der Waals surface area contributed by atoms with E-state index in [2.05, 4.69) is 15.9 Å². The first kappa shape index (κ1) is 20.0. The molecule has 8 heteroatoms. The molecule has 3 rings (SSSR count). The van der Waals surface area contributed by atoms with Gasteiger partial charge in [-0.05, 0) is 54.8 Å². The molecule has 1 fully saturated rings.